The number of benzene rings is 1. The Morgan fingerprint density at radius 2 is 2.11 bits per heavy atom. The number of hydrogen-bond donors (Lipinski definition) is 1. The lowest BCUT2D eigenvalue weighted by Crippen LogP contribution is -2.36. The van der Waals surface area contributed by atoms with Gasteiger partial charge in [-0.3, -0.25) is 9.69 Å². The molecule has 104 valence electrons. The number of nitrogens with zero attached hydrogens (tertiary/aromatic N) is 2. The lowest BCUT2D eigenvalue weighted by molar-refractivity contribution is -0.131. The summed E-state index contributed by atoms with van der Waals surface area (Å²) in [6.07, 6.45) is 2.23. The second kappa shape index (κ2) is 6.26. The second-order valence-corrected chi connectivity index (χ2v) is 5.45. The minimum absolute atomic E-state index is 0.0845. The molecule has 0 bridgehead atoms. The topological polar surface area (TPSA) is 43.8 Å². The number of aromatic hydroxyl groups is 1. The minimum atomic E-state index is 0.0845. The van der Waals surface area contributed by atoms with E-state index in [1.54, 1.807) is 12.1 Å². The first-order valence-corrected chi connectivity index (χ1v) is 6.88. The van der Waals surface area contributed by atoms with E-state index in [9.17, 15) is 9.90 Å². The molecule has 5 heteroatoms. The van der Waals surface area contributed by atoms with Gasteiger partial charge in [-0.2, -0.15) is 0 Å². The van der Waals surface area contributed by atoms with Gasteiger partial charge in [0, 0.05) is 19.6 Å². The Hall–Kier alpha value is -1.26. The first-order chi connectivity index (χ1) is 9.06. The van der Waals surface area contributed by atoms with Gasteiger partial charge in [-0.05, 0) is 37.6 Å². The van der Waals surface area contributed by atoms with Crippen molar-refractivity contribution in [3.8, 4) is 5.75 Å². The predicted molar refractivity (Wildman–Crippen MR) is 75.3 cm³/mol. The van der Waals surface area contributed by atoms with Gasteiger partial charge < -0.3 is 10.0 Å². The Bertz CT molecular complexity index is 459. The Kier molecular flexibility index (Phi) is 4.66. The molecule has 1 N–H and O–H groups in total. The molecular weight excluding hydrogens is 264 g/mol. The van der Waals surface area contributed by atoms with Crippen LogP contribution in [0.25, 0.3) is 0 Å². The van der Waals surface area contributed by atoms with Crippen molar-refractivity contribution in [3.05, 3.63) is 28.8 Å². The molecule has 0 saturated carbocycles. The summed E-state index contributed by atoms with van der Waals surface area (Å²) in [5.41, 5.74) is 0.986. The van der Waals surface area contributed by atoms with E-state index < -0.39 is 0 Å². The third-order valence-electron chi connectivity index (χ3n) is 3.33. The first kappa shape index (κ1) is 14.2. The third-order valence-corrected chi connectivity index (χ3v) is 3.63. The molecule has 1 fully saturated rings. The third kappa shape index (κ3) is 3.85. The van der Waals surface area contributed by atoms with Crippen LogP contribution in [0.1, 0.15) is 18.4 Å². The van der Waals surface area contributed by atoms with Gasteiger partial charge in [-0.25, -0.2) is 0 Å². The SMILES string of the molecule is CN(CC(=O)N1CCCC1)Cc1ccc(O)c(Cl)c1. The number of amides is 1. The van der Waals surface area contributed by atoms with Gasteiger partial charge in [0.05, 0.1) is 11.6 Å². The second-order valence-electron chi connectivity index (χ2n) is 5.05. The van der Waals surface area contributed by atoms with Gasteiger partial charge in [0.25, 0.3) is 0 Å². The van der Waals surface area contributed by atoms with Crippen LogP contribution in [-0.2, 0) is 11.3 Å². The van der Waals surface area contributed by atoms with E-state index in [1.165, 1.54) is 0 Å². The van der Waals surface area contributed by atoms with Crippen molar-refractivity contribution in [1.29, 1.82) is 0 Å². The fourth-order valence-electron chi connectivity index (χ4n) is 2.31. The monoisotopic (exact) mass is 282 g/mol. The molecule has 0 atom stereocenters. The molecular formula is C14H19ClN2O2. The largest absolute Gasteiger partial charge is 0.506 e. The van der Waals surface area contributed by atoms with E-state index in [0.29, 0.717) is 18.1 Å². The van der Waals surface area contributed by atoms with Crippen molar-refractivity contribution in [1.82, 2.24) is 9.80 Å². The summed E-state index contributed by atoms with van der Waals surface area (Å²) >= 11 is 5.86. The van der Waals surface area contributed by atoms with Crippen molar-refractivity contribution in [2.24, 2.45) is 0 Å². The highest BCUT2D eigenvalue weighted by Crippen LogP contribution is 2.24. The van der Waals surface area contributed by atoms with Crippen LogP contribution in [0.4, 0.5) is 0 Å². The van der Waals surface area contributed by atoms with Gasteiger partial charge >= 0.3 is 0 Å². The predicted octanol–water partition coefficient (Wildman–Crippen LogP) is 2.10. The van der Waals surface area contributed by atoms with Crippen LogP contribution in [0.3, 0.4) is 0 Å². The molecule has 19 heavy (non-hydrogen) atoms. The number of hydrogen-bond acceptors (Lipinski definition) is 3. The van der Waals surface area contributed by atoms with E-state index in [-0.39, 0.29) is 11.7 Å². The van der Waals surface area contributed by atoms with Gasteiger partial charge in [0.2, 0.25) is 5.91 Å². The molecule has 0 spiro atoms. The van der Waals surface area contributed by atoms with Gasteiger partial charge in [0.15, 0.2) is 0 Å². The number of carbonyl (C=O) groups excluding carboxylic acids is 1. The maximum Gasteiger partial charge on any atom is 0.236 e. The molecule has 0 radical (unpaired) electrons. The van der Waals surface area contributed by atoms with E-state index in [2.05, 4.69) is 0 Å². The highest BCUT2D eigenvalue weighted by molar-refractivity contribution is 6.32. The Morgan fingerprint density at radius 1 is 1.42 bits per heavy atom. The summed E-state index contributed by atoms with van der Waals surface area (Å²) in [6.45, 7) is 2.83. The van der Waals surface area contributed by atoms with Gasteiger partial charge in [0.1, 0.15) is 5.75 Å². The molecule has 1 aliphatic heterocycles. The Morgan fingerprint density at radius 3 is 2.74 bits per heavy atom. The minimum Gasteiger partial charge on any atom is -0.506 e. The number of carbonyl (C=O) groups is 1. The maximum absolute atomic E-state index is 12.0. The molecule has 1 amide bonds. The molecule has 2 rings (SSSR count). The molecule has 1 aromatic carbocycles. The fraction of sp³-hybridized carbons (Fsp3) is 0.500. The summed E-state index contributed by atoms with van der Waals surface area (Å²) < 4.78 is 0. The average molecular weight is 283 g/mol. The smallest absolute Gasteiger partial charge is 0.236 e. The number of phenolic OH excluding ortho intramolecular Hbond substituents is 1. The summed E-state index contributed by atoms with van der Waals surface area (Å²) in [7, 11) is 1.91. The molecule has 1 aliphatic rings. The van der Waals surface area contributed by atoms with E-state index in [1.807, 2.05) is 22.9 Å². The summed E-state index contributed by atoms with van der Waals surface area (Å²) in [4.78, 5) is 15.9. The normalized spacial score (nSPS) is 15.2. The molecule has 0 aliphatic carbocycles. The van der Waals surface area contributed by atoms with Crippen LogP contribution in [0, 0.1) is 0 Å². The van der Waals surface area contributed by atoms with Gasteiger partial charge in [-0.1, -0.05) is 17.7 Å². The average Bonchev–Trinajstić information content (AvgIpc) is 2.87. The molecule has 1 aromatic rings. The maximum atomic E-state index is 12.0. The Balaban J connectivity index is 1.87. The summed E-state index contributed by atoms with van der Waals surface area (Å²) in [5.74, 6) is 0.270. The van der Waals surface area contributed by atoms with Crippen LogP contribution in [-0.4, -0.2) is 47.5 Å². The number of halogens is 1. The number of phenols is 1. The molecule has 4 nitrogen and oxygen atoms in total. The summed E-state index contributed by atoms with van der Waals surface area (Å²) in [6, 6.07) is 5.12. The van der Waals surface area contributed by atoms with Gasteiger partial charge in [-0.15, -0.1) is 0 Å². The molecule has 1 heterocycles. The van der Waals surface area contributed by atoms with Crippen LogP contribution in [0.15, 0.2) is 18.2 Å². The fourth-order valence-corrected chi connectivity index (χ4v) is 2.52. The highest BCUT2D eigenvalue weighted by atomic mass is 35.5. The zero-order chi connectivity index (χ0) is 13.8. The Labute approximate surface area is 118 Å². The number of likely N-dealkylation sites (tertiary alicyclic amines) is 1. The van der Waals surface area contributed by atoms with Crippen LogP contribution >= 0.6 is 11.6 Å². The molecule has 1 saturated heterocycles. The van der Waals surface area contributed by atoms with E-state index in [0.717, 1.165) is 31.5 Å². The quantitative estimate of drug-likeness (QED) is 0.920. The highest BCUT2D eigenvalue weighted by Gasteiger charge is 2.19. The van der Waals surface area contributed by atoms with E-state index >= 15 is 0 Å². The lowest BCUT2D eigenvalue weighted by atomic mass is 10.2. The van der Waals surface area contributed by atoms with Crippen molar-refractivity contribution < 1.29 is 9.90 Å². The number of rotatable bonds is 4. The van der Waals surface area contributed by atoms with Crippen LogP contribution in [0.2, 0.25) is 5.02 Å². The van der Waals surface area contributed by atoms with Crippen LogP contribution in [0.5, 0.6) is 5.75 Å². The zero-order valence-electron chi connectivity index (χ0n) is 11.1. The van der Waals surface area contributed by atoms with Crippen molar-refractivity contribution >= 4 is 17.5 Å². The standard InChI is InChI=1S/C14H19ClN2O2/c1-16(10-14(19)17-6-2-3-7-17)9-11-4-5-13(18)12(15)8-11/h4-5,8,18H,2-3,6-7,9-10H2,1H3. The number of likely N-dealkylation sites (N-methyl/N-ethyl adjacent to an activating group) is 1. The zero-order valence-corrected chi connectivity index (χ0v) is 11.9. The van der Waals surface area contributed by atoms with Crippen molar-refractivity contribution in [3.63, 3.8) is 0 Å². The van der Waals surface area contributed by atoms with Crippen molar-refractivity contribution in [2.45, 2.75) is 19.4 Å². The van der Waals surface area contributed by atoms with Crippen molar-refractivity contribution in [2.75, 3.05) is 26.7 Å². The molecule has 0 aromatic heterocycles. The lowest BCUT2D eigenvalue weighted by Gasteiger charge is -2.21. The van der Waals surface area contributed by atoms with Crippen LogP contribution < -0.4 is 0 Å². The molecule has 0 unspecified atom stereocenters. The first-order valence-electron chi connectivity index (χ1n) is 6.50. The summed E-state index contributed by atoms with van der Waals surface area (Å²) in [5, 5.41) is 9.70. The van der Waals surface area contributed by atoms with E-state index in [4.69, 9.17) is 11.6 Å².